The third kappa shape index (κ3) is 8.43. The van der Waals surface area contributed by atoms with E-state index in [2.05, 4.69) is 38.2 Å². The van der Waals surface area contributed by atoms with Gasteiger partial charge in [-0.1, -0.05) is 55.9 Å². The topological polar surface area (TPSA) is 9.23 Å². The molecule has 0 spiro atoms. The van der Waals surface area contributed by atoms with Gasteiger partial charge in [0.1, 0.15) is 0 Å². The van der Waals surface area contributed by atoms with Crippen LogP contribution in [-0.4, -0.2) is 14.9 Å². The fourth-order valence-electron chi connectivity index (χ4n) is 2.74. The number of unbranched alkanes of at least 4 members (excludes halogenated alkanes) is 5. The Hall–Kier alpha value is -0.343. The fraction of sp³-hybridized carbons (Fsp3) is 0.765. The van der Waals surface area contributed by atoms with Gasteiger partial charge in [0.05, 0.1) is 0 Å². The number of rotatable bonds is 11. The molecule has 0 radical (unpaired) electrons. The summed E-state index contributed by atoms with van der Waals surface area (Å²) in [5.74, 6) is 0. The summed E-state index contributed by atoms with van der Waals surface area (Å²) < 4.78 is 5.86. The molecule has 1 aliphatic rings. The predicted molar refractivity (Wildman–Crippen MR) is 88.1 cm³/mol. The lowest BCUT2D eigenvalue weighted by molar-refractivity contribution is 0.327. The van der Waals surface area contributed by atoms with Crippen molar-refractivity contribution in [3.05, 3.63) is 23.8 Å². The summed E-state index contributed by atoms with van der Waals surface area (Å²) >= 11 is 0. The first kappa shape index (κ1) is 16.7. The molecule has 1 aliphatic carbocycles. The van der Waals surface area contributed by atoms with Crippen molar-refractivity contribution in [2.24, 2.45) is 0 Å². The monoisotopic (exact) mass is 280 g/mol. The molecule has 110 valence electrons. The van der Waals surface area contributed by atoms with Gasteiger partial charge in [-0.3, -0.25) is 0 Å². The standard InChI is InChI=1S/C17H32OSi/c1-4-18-19(2,3)16-12-8-6-5-7-9-13-17-14-10-11-15-17/h10,14-15H,4-9,11-13,16H2,1-3H3. The summed E-state index contributed by atoms with van der Waals surface area (Å²) in [5.41, 5.74) is 1.56. The lowest BCUT2D eigenvalue weighted by Crippen LogP contribution is -2.29. The van der Waals surface area contributed by atoms with Gasteiger partial charge in [0, 0.05) is 6.61 Å². The van der Waals surface area contributed by atoms with E-state index >= 15 is 0 Å². The van der Waals surface area contributed by atoms with Gasteiger partial charge in [0.25, 0.3) is 0 Å². The molecule has 2 heteroatoms. The highest BCUT2D eigenvalue weighted by Gasteiger charge is 2.20. The van der Waals surface area contributed by atoms with Crippen LogP contribution in [0, 0.1) is 0 Å². The van der Waals surface area contributed by atoms with Crippen molar-refractivity contribution in [2.75, 3.05) is 6.61 Å². The maximum atomic E-state index is 5.86. The quantitative estimate of drug-likeness (QED) is 0.341. The zero-order valence-electron chi connectivity index (χ0n) is 13.2. The summed E-state index contributed by atoms with van der Waals surface area (Å²) in [5, 5.41) is 0. The Bertz CT molecular complexity index is 292. The summed E-state index contributed by atoms with van der Waals surface area (Å²) in [6.07, 6.45) is 17.7. The molecular weight excluding hydrogens is 248 g/mol. The Morgan fingerprint density at radius 3 is 2.37 bits per heavy atom. The molecule has 19 heavy (non-hydrogen) atoms. The largest absolute Gasteiger partial charge is 0.418 e. The van der Waals surface area contributed by atoms with Crippen molar-refractivity contribution in [1.29, 1.82) is 0 Å². The van der Waals surface area contributed by atoms with E-state index in [1.807, 2.05) is 0 Å². The van der Waals surface area contributed by atoms with Gasteiger partial charge in [0.15, 0.2) is 8.32 Å². The highest BCUT2D eigenvalue weighted by Crippen LogP contribution is 2.19. The number of hydrogen-bond acceptors (Lipinski definition) is 1. The minimum absolute atomic E-state index is 0.892. The van der Waals surface area contributed by atoms with Gasteiger partial charge in [-0.05, 0) is 45.3 Å². The molecule has 0 N–H and O–H groups in total. The van der Waals surface area contributed by atoms with Crippen LogP contribution in [0.2, 0.25) is 19.1 Å². The molecule has 0 fully saturated rings. The molecule has 1 nitrogen and oxygen atoms in total. The maximum Gasteiger partial charge on any atom is 0.186 e. The SMILES string of the molecule is CCO[Si](C)(C)CCCCCCCCC1=CCC=C1. The van der Waals surface area contributed by atoms with Gasteiger partial charge in [0.2, 0.25) is 0 Å². The third-order valence-electron chi connectivity index (χ3n) is 3.88. The van der Waals surface area contributed by atoms with E-state index in [9.17, 15) is 0 Å². The maximum absolute atomic E-state index is 5.86. The van der Waals surface area contributed by atoms with E-state index in [-0.39, 0.29) is 0 Å². The normalized spacial score (nSPS) is 15.0. The van der Waals surface area contributed by atoms with E-state index in [0.29, 0.717) is 0 Å². The van der Waals surface area contributed by atoms with Crippen molar-refractivity contribution in [3.8, 4) is 0 Å². The molecule has 0 aromatic carbocycles. The van der Waals surface area contributed by atoms with Crippen LogP contribution in [0.1, 0.15) is 58.3 Å². The van der Waals surface area contributed by atoms with Crippen LogP contribution in [0.25, 0.3) is 0 Å². The minimum Gasteiger partial charge on any atom is -0.418 e. The zero-order valence-corrected chi connectivity index (χ0v) is 14.2. The van der Waals surface area contributed by atoms with Gasteiger partial charge in [-0.2, -0.15) is 0 Å². The second-order valence-electron chi connectivity index (χ2n) is 6.23. The molecule has 0 saturated heterocycles. The van der Waals surface area contributed by atoms with Crippen LogP contribution in [-0.2, 0) is 4.43 Å². The van der Waals surface area contributed by atoms with Crippen LogP contribution in [0.3, 0.4) is 0 Å². The highest BCUT2D eigenvalue weighted by atomic mass is 28.4. The fourth-order valence-corrected chi connectivity index (χ4v) is 4.77. The first-order valence-electron chi connectivity index (χ1n) is 8.13. The average molecular weight is 281 g/mol. The Labute approximate surface area is 121 Å². The van der Waals surface area contributed by atoms with Crippen LogP contribution < -0.4 is 0 Å². The van der Waals surface area contributed by atoms with Gasteiger partial charge < -0.3 is 4.43 Å². The summed E-state index contributed by atoms with van der Waals surface area (Å²) in [4.78, 5) is 0. The highest BCUT2D eigenvalue weighted by molar-refractivity contribution is 6.71. The van der Waals surface area contributed by atoms with Gasteiger partial charge >= 0.3 is 0 Å². The molecule has 0 aromatic heterocycles. The molecule has 0 amide bonds. The molecule has 0 unspecified atom stereocenters. The van der Waals surface area contributed by atoms with Crippen LogP contribution >= 0.6 is 0 Å². The van der Waals surface area contributed by atoms with Crippen molar-refractivity contribution >= 4 is 8.32 Å². The first-order valence-corrected chi connectivity index (χ1v) is 11.2. The Morgan fingerprint density at radius 2 is 1.74 bits per heavy atom. The van der Waals surface area contributed by atoms with Crippen molar-refractivity contribution in [2.45, 2.75) is 77.4 Å². The molecule has 1 rings (SSSR count). The molecule has 0 heterocycles. The number of hydrogen-bond donors (Lipinski definition) is 0. The van der Waals surface area contributed by atoms with E-state index in [4.69, 9.17) is 4.43 Å². The number of allylic oxidation sites excluding steroid dienone is 4. The van der Waals surface area contributed by atoms with Crippen molar-refractivity contribution < 1.29 is 4.43 Å². The molecule has 0 bridgehead atoms. The van der Waals surface area contributed by atoms with E-state index in [1.54, 1.807) is 5.57 Å². The Kier molecular flexibility index (Phi) is 8.39. The zero-order chi connectivity index (χ0) is 14.0. The molecule has 0 saturated carbocycles. The first-order chi connectivity index (χ1) is 9.14. The van der Waals surface area contributed by atoms with E-state index in [0.717, 1.165) is 13.0 Å². The van der Waals surface area contributed by atoms with Gasteiger partial charge in [-0.25, -0.2) is 0 Å². The van der Waals surface area contributed by atoms with Crippen molar-refractivity contribution in [1.82, 2.24) is 0 Å². The summed E-state index contributed by atoms with van der Waals surface area (Å²) in [6.45, 7) is 7.70. The molecule has 0 aromatic rings. The second-order valence-corrected chi connectivity index (χ2v) is 10.5. The lowest BCUT2D eigenvalue weighted by atomic mass is 10.1. The summed E-state index contributed by atoms with van der Waals surface area (Å²) in [7, 11) is -1.31. The van der Waals surface area contributed by atoms with E-state index < -0.39 is 8.32 Å². The molecule has 0 aliphatic heterocycles. The van der Waals surface area contributed by atoms with Crippen molar-refractivity contribution in [3.63, 3.8) is 0 Å². The minimum atomic E-state index is -1.31. The smallest absolute Gasteiger partial charge is 0.186 e. The molecular formula is C17H32OSi. The Balaban J connectivity index is 1.87. The van der Waals surface area contributed by atoms with Crippen LogP contribution in [0.15, 0.2) is 23.8 Å². The van der Waals surface area contributed by atoms with Crippen LogP contribution in [0.5, 0.6) is 0 Å². The van der Waals surface area contributed by atoms with E-state index in [1.165, 1.54) is 51.0 Å². The predicted octanol–water partition coefficient (Wildman–Crippen LogP) is 5.85. The van der Waals surface area contributed by atoms with Crippen LogP contribution in [0.4, 0.5) is 0 Å². The average Bonchev–Trinajstić information content (AvgIpc) is 2.85. The second kappa shape index (κ2) is 9.54. The van der Waals surface area contributed by atoms with Gasteiger partial charge in [-0.15, -0.1) is 0 Å². The lowest BCUT2D eigenvalue weighted by Gasteiger charge is -2.21. The Morgan fingerprint density at radius 1 is 1.05 bits per heavy atom. The summed E-state index contributed by atoms with van der Waals surface area (Å²) in [6, 6.07) is 1.33. The molecule has 0 atom stereocenters. The third-order valence-corrected chi connectivity index (χ3v) is 6.51.